The average Bonchev–Trinajstić information content (AvgIpc) is 3.05. The maximum atomic E-state index is 13.0. The molecule has 4 rings (SSSR count). The van der Waals surface area contributed by atoms with Crippen LogP contribution in [0.15, 0.2) is 58.8 Å². The van der Waals surface area contributed by atoms with E-state index in [-0.39, 0.29) is 11.3 Å². The minimum absolute atomic E-state index is 0.103. The summed E-state index contributed by atoms with van der Waals surface area (Å²) in [5.41, 5.74) is 1.29. The van der Waals surface area contributed by atoms with Gasteiger partial charge in [-0.2, -0.15) is 0 Å². The number of hydrogen-bond donors (Lipinski definition) is 1. The van der Waals surface area contributed by atoms with Gasteiger partial charge in [0.15, 0.2) is 0 Å². The number of aliphatic hydroxyl groups is 1. The van der Waals surface area contributed by atoms with Crippen molar-refractivity contribution in [3.63, 3.8) is 0 Å². The molecular weight excluding hydrogens is 462 g/mol. The van der Waals surface area contributed by atoms with E-state index in [4.69, 9.17) is 4.74 Å². The van der Waals surface area contributed by atoms with Crippen LogP contribution in [0.1, 0.15) is 23.6 Å². The van der Waals surface area contributed by atoms with Crippen molar-refractivity contribution in [3.05, 3.63) is 70.0 Å². The molecule has 1 N–H and O–H groups in total. The third-order valence-corrected chi connectivity index (χ3v) is 6.16. The second-order valence-corrected chi connectivity index (χ2v) is 8.51. The number of ether oxygens (including phenoxy) is 1. The molecule has 0 aliphatic carbocycles. The van der Waals surface area contributed by atoms with Crippen LogP contribution in [0.4, 0.5) is 0 Å². The Morgan fingerprint density at radius 2 is 1.87 bits per heavy atom. The van der Waals surface area contributed by atoms with Crippen LogP contribution in [0.25, 0.3) is 5.76 Å². The Hall–Kier alpha value is -2.55. The van der Waals surface area contributed by atoms with Gasteiger partial charge in [-0.05, 0) is 30.2 Å². The first-order valence-electron chi connectivity index (χ1n) is 10.3. The van der Waals surface area contributed by atoms with Gasteiger partial charge in [-0.1, -0.05) is 34.1 Å². The number of hydrogen-bond acceptors (Lipinski definition) is 6. The van der Waals surface area contributed by atoms with E-state index in [9.17, 15) is 14.7 Å². The number of Topliss-reactive ketones (excluding diaryl/α,β-unsaturated/α-hetero) is 1. The van der Waals surface area contributed by atoms with Crippen LogP contribution in [-0.2, 0) is 14.3 Å². The van der Waals surface area contributed by atoms with Gasteiger partial charge in [0.25, 0.3) is 11.7 Å². The zero-order valence-corrected chi connectivity index (χ0v) is 18.6. The highest BCUT2D eigenvalue weighted by Crippen LogP contribution is 2.39. The van der Waals surface area contributed by atoms with Gasteiger partial charge in [0.1, 0.15) is 5.76 Å². The maximum Gasteiger partial charge on any atom is 0.295 e. The number of morpholine rings is 1. The summed E-state index contributed by atoms with van der Waals surface area (Å²) in [6.07, 6.45) is 4.01. The zero-order chi connectivity index (χ0) is 21.8. The molecule has 2 aliphatic heterocycles. The van der Waals surface area contributed by atoms with Crippen molar-refractivity contribution in [1.82, 2.24) is 14.8 Å². The van der Waals surface area contributed by atoms with Crippen LogP contribution in [0, 0.1) is 0 Å². The largest absolute Gasteiger partial charge is 0.507 e. The van der Waals surface area contributed by atoms with Crippen molar-refractivity contribution in [2.75, 3.05) is 39.4 Å². The highest BCUT2D eigenvalue weighted by Gasteiger charge is 2.45. The lowest BCUT2D eigenvalue weighted by Gasteiger charge is -2.29. The molecule has 8 heteroatoms. The number of amides is 1. The summed E-state index contributed by atoms with van der Waals surface area (Å²) in [5.74, 6) is -1.43. The Morgan fingerprint density at radius 3 is 2.55 bits per heavy atom. The summed E-state index contributed by atoms with van der Waals surface area (Å²) in [5, 5.41) is 11.0. The van der Waals surface area contributed by atoms with Gasteiger partial charge < -0.3 is 14.7 Å². The minimum Gasteiger partial charge on any atom is -0.507 e. The van der Waals surface area contributed by atoms with E-state index in [1.807, 2.05) is 6.07 Å². The van der Waals surface area contributed by atoms with Gasteiger partial charge in [0, 0.05) is 48.6 Å². The molecule has 1 aromatic carbocycles. The first kappa shape index (κ1) is 21.7. The molecule has 1 atom stereocenters. The topological polar surface area (TPSA) is 83.0 Å². The van der Waals surface area contributed by atoms with Gasteiger partial charge in [0.05, 0.1) is 24.8 Å². The lowest BCUT2D eigenvalue weighted by atomic mass is 9.96. The van der Waals surface area contributed by atoms with Gasteiger partial charge in [-0.3, -0.25) is 19.5 Å². The number of pyridine rings is 1. The average molecular weight is 486 g/mol. The standard InChI is InChI=1S/C23H24BrN3O4/c24-18-6-4-16(5-7-18)21(28)19-20(17-3-1-8-25-15-17)27(23(30)22(19)29)10-2-9-26-11-13-31-14-12-26/h1,3-8,15,20,28H,2,9-14H2/b21-19+. The number of carbonyl (C=O) groups is 2. The van der Waals surface area contributed by atoms with Crippen LogP contribution in [-0.4, -0.2) is 71.0 Å². The molecule has 31 heavy (non-hydrogen) atoms. The molecule has 3 heterocycles. The minimum atomic E-state index is -0.666. The van der Waals surface area contributed by atoms with Crippen LogP contribution in [0.5, 0.6) is 0 Å². The van der Waals surface area contributed by atoms with Crippen LogP contribution in [0.3, 0.4) is 0 Å². The van der Waals surface area contributed by atoms with Gasteiger partial charge in [-0.25, -0.2) is 0 Å². The summed E-state index contributed by atoms with van der Waals surface area (Å²) < 4.78 is 6.24. The van der Waals surface area contributed by atoms with E-state index in [1.54, 1.807) is 47.6 Å². The first-order valence-corrected chi connectivity index (χ1v) is 11.1. The highest BCUT2D eigenvalue weighted by molar-refractivity contribution is 9.10. The quantitative estimate of drug-likeness (QED) is 0.384. The zero-order valence-electron chi connectivity index (χ0n) is 17.0. The summed E-state index contributed by atoms with van der Waals surface area (Å²) in [7, 11) is 0. The lowest BCUT2D eigenvalue weighted by molar-refractivity contribution is -0.140. The van der Waals surface area contributed by atoms with Crippen molar-refractivity contribution in [2.24, 2.45) is 0 Å². The third kappa shape index (κ3) is 4.71. The number of aliphatic hydroxyl groups excluding tert-OH is 1. The van der Waals surface area contributed by atoms with Crippen molar-refractivity contribution in [2.45, 2.75) is 12.5 Å². The lowest BCUT2D eigenvalue weighted by Crippen LogP contribution is -2.39. The smallest absolute Gasteiger partial charge is 0.295 e. The van der Waals surface area contributed by atoms with Gasteiger partial charge in [-0.15, -0.1) is 0 Å². The van der Waals surface area contributed by atoms with E-state index in [1.165, 1.54) is 0 Å². The predicted octanol–water partition coefficient (Wildman–Crippen LogP) is 2.99. The SMILES string of the molecule is O=C1C(=O)N(CCCN2CCOCC2)C(c2cccnc2)/C1=C(\O)c1ccc(Br)cc1. The molecule has 2 aromatic rings. The highest BCUT2D eigenvalue weighted by atomic mass is 79.9. The summed E-state index contributed by atoms with van der Waals surface area (Å²) >= 11 is 3.37. The number of likely N-dealkylation sites (tertiary alicyclic amines) is 1. The van der Waals surface area contributed by atoms with Crippen molar-refractivity contribution in [1.29, 1.82) is 0 Å². The number of rotatable bonds is 6. The number of halogens is 1. The second-order valence-electron chi connectivity index (χ2n) is 7.59. The van der Waals surface area contributed by atoms with E-state index in [0.29, 0.717) is 30.9 Å². The molecular formula is C23H24BrN3O4. The molecule has 162 valence electrons. The maximum absolute atomic E-state index is 13.0. The Bertz CT molecular complexity index is 972. The fourth-order valence-corrected chi connectivity index (χ4v) is 4.31. The predicted molar refractivity (Wildman–Crippen MR) is 119 cm³/mol. The van der Waals surface area contributed by atoms with Crippen molar-refractivity contribution in [3.8, 4) is 0 Å². The molecule has 2 fully saturated rings. The Balaban J connectivity index is 1.64. The fraction of sp³-hybridized carbons (Fsp3) is 0.348. The molecule has 0 radical (unpaired) electrons. The van der Waals surface area contributed by atoms with E-state index in [2.05, 4.69) is 25.8 Å². The van der Waals surface area contributed by atoms with Crippen molar-refractivity contribution < 1.29 is 19.4 Å². The summed E-state index contributed by atoms with van der Waals surface area (Å²) in [4.78, 5) is 33.9. The normalized spacial score (nSPS) is 21.6. The van der Waals surface area contributed by atoms with Crippen LogP contribution >= 0.6 is 15.9 Å². The molecule has 0 bridgehead atoms. The van der Waals surface area contributed by atoms with Crippen LogP contribution < -0.4 is 0 Å². The molecule has 1 unspecified atom stereocenters. The van der Waals surface area contributed by atoms with E-state index in [0.717, 1.165) is 30.5 Å². The van der Waals surface area contributed by atoms with E-state index < -0.39 is 17.7 Å². The summed E-state index contributed by atoms with van der Waals surface area (Å²) in [6, 6.07) is 9.92. The Kier molecular flexibility index (Phi) is 6.80. The Labute approximate surface area is 189 Å². The number of carbonyl (C=O) groups excluding carboxylic acids is 2. The molecule has 1 amide bonds. The number of benzene rings is 1. The summed E-state index contributed by atoms with van der Waals surface area (Å²) in [6.45, 7) is 4.40. The molecule has 2 aliphatic rings. The molecule has 7 nitrogen and oxygen atoms in total. The monoisotopic (exact) mass is 485 g/mol. The third-order valence-electron chi connectivity index (χ3n) is 5.63. The second kappa shape index (κ2) is 9.72. The molecule has 1 aromatic heterocycles. The fourth-order valence-electron chi connectivity index (χ4n) is 4.05. The van der Waals surface area contributed by atoms with Crippen LogP contribution in [0.2, 0.25) is 0 Å². The number of ketones is 1. The molecule has 2 saturated heterocycles. The number of aromatic nitrogens is 1. The van der Waals surface area contributed by atoms with Gasteiger partial charge in [0.2, 0.25) is 0 Å². The van der Waals surface area contributed by atoms with Crippen molar-refractivity contribution >= 4 is 33.4 Å². The molecule has 0 spiro atoms. The molecule has 0 saturated carbocycles. The number of nitrogens with zero attached hydrogens (tertiary/aromatic N) is 3. The first-order chi connectivity index (χ1) is 15.1. The van der Waals surface area contributed by atoms with Gasteiger partial charge >= 0.3 is 0 Å². The van der Waals surface area contributed by atoms with E-state index >= 15 is 0 Å². The Morgan fingerprint density at radius 1 is 1.13 bits per heavy atom.